The Morgan fingerprint density at radius 2 is 1.97 bits per heavy atom. The summed E-state index contributed by atoms with van der Waals surface area (Å²) in [7, 11) is 0. The van der Waals surface area contributed by atoms with Gasteiger partial charge in [0.05, 0.1) is 10.7 Å². The standard InChI is InChI=1S/C22H25ClN2O4/c23-18-11-16(19-17(22(26)27)13-28-29-21(19)20(18)24)10-14-6-8-25(9-7-14)12-15-4-2-1-3-5-15/h1-5,11,14,17H,6-10,12-13,24H2,(H,26,27). The van der Waals surface area contributed by atoms with Crippen molar-refractivity contribution in [2.24, 2.45) is 5.92 Å². The minimum Gasteiger partial charge on any atom is -0.481 e. The highest BCUT2D eigenvalue weighted by Gasteiger charge is 2.35. The first-order valence-corrected chi connectivity index (χ1v) is 10.3. The van der Waals surface area contributed by atoms with Crippen molar-refractivity contribution in [1.82, 2.24) is 4.90 Å². The van der Waals surface area contributed by atoms with Gasteiger partial charge in [0.15, 0.2) is 5.75 Å². The zero-order valence-corrected chi connectivity index (χ0v) is 16.9. The summed E-state index contributed by atoms with van der Waals surface area (Å²) in [4.78, 5) is 24.5. The Morgan fingerprint density at radius 1 is 1.24 bits per heavy atom. The number of anilines is 1. The van der Waals surface area contributed by atoms with E-state index >= 15 is 0 Å². The van der Waals surface area contributed by atoms with Crippen LogP contribution in [0.3, 0.4) is 0 Å². The van der Waals surface area contributed by atoms with E-state index in [1.54, 1.807) is 6.07 Å². The smallest absolute Gasteiger partial charge is 0.313 e. The zero-order chi connectivity index (χ0) is 20.4. The van der Waals surface area contributed by atoms with E-state index in [1.165, 1.54) is 5.56 Å². The second kappa shape index (κ2) is 8.61. The Balaban J connectivity index is 1.48. The number of hydrogen-bond donors (Lipinski definition) is 2. The molecule has 1 saturated heterocycles. The highest BCUT2D eigenvalue weighted by Crippen LogP contribution is 2.44. The minimum atomic E-state index is -0.949. The first-order valence-electron chi connectivity index (χ1n) is 9.92. The van der Waals surface area contributed by atoms with Crippen molar-refractivity contribution < 1.29 is 19.7 Å². The fourth-order valence-electron chi connectivity index (χ4n) is 4.29. The lowest BCUT2D eigenvalue weighted by molar-refractivity contribution is -0.222. The van der Waals surface area contributed by atoms with Crippen LogP contribution in [0.4, 0.5) is 5.69 Å². The maximum Gasteiger partial charge on any atom is 0.313 e. The summed E-state index contributed by atoms with van der Waals surface area (Å²) < 4.78 is 0. The van der Waals surface area contributed by atoms with Crippen molar-refractivity contribution in [1.29, 1.82) is 0 Å². The molecule has 0 amide bonds. The molecule has 6 nitrogen and oxygen atoms in total. The van der Waals surface area contributed by atoms with E-state index in [0.717, 1.165) is 44.5 Å². The molecule has 2 aromatic carbocycles. The van der Waals surface area contributed by atoms with Gasteiger partial charge in [-0.25, -0.2) is 0 Å². The molecule has 0 spiro atoms. The van der Waals surface area contributed by atoms with Crippen molar-refractivity contribution in [2.45, 2.75) is 31.7 Å². The number of carboxylic acids is 1. The van der Waals surface area contributed by atoms with Crippen LogP contribution < -0.4 is 10.6 Å². The number of carbonyl (C=O) groups is 1. The number of benzene rings is 2. The van der Waals surface area contributed by atoms with Gasteiger partial charge in [0, 0.05) is 12.1 Å². The lowest BCUT2D eigenvalue weighted by Crippen LogP contribution is -2.34. The second-order valence-electron chi connectivity index (χ2n) is 7.84. The molecule has 29 heavy (non-hydrogen) atoms. The summed E-state index contributed by atoms with van der Waals surface area (Å²) in [5.41, 5.74) is 9.09. The molecule has 0 aliphatic carbocycles. The van der Waals surface area contributed by atoms with Crippen LogP contribution in [0.1, 0.15) is 35.4 Å². The zero-order valence-electron chi connectivity index (χ0n) is 16.1. The fraction of sp³-hybridized carbons (Fsp3) is 0.409. The molecule has 3 N–H and O–H groups in total. The van der Waals surface area contributed by atoms with Crippen LogP contribution in [0.15, 0.2) is 36.4 Å². The number of likely N-dealkylation sites (tertiary alicyclic amines) is 1. The highest BCUT2D eigenvalue weighted by atomic mass is 35.5. The van der Waals surface area contributed by atoms with E-state index < -0.39 is 11.9 Å². The van der Waals surface area contributed by atoms with E-state index in [1.807, 2.05) is 6.07 Å². The van der Waals surface area contributed by atoms with Crippen LogP contribution in [0.2, 0.25) is 5.02 Å². The van der Waals surface area contributed by atoms with Crippen molar-refractivity contribution in [3.05, 3.63) is 58.1 Å². The summed E-state index contributed by atoms with van der Waals surface area (Å²) >= 11 is 6.29. The molecule has 0 aromatic heterocycles. The van der Waals surface area contributed by atoms with Gasteiger partial charge in [-0.2, -0.15) is 4.89 Å². The third-order valence-corrected chi connectivity index (χ3v) is 6.19. The van der Waals surface area contributed by atoms with Crippen LogP contribution in [-0.2, 0) is 22.6 Å². The average molecular weight is 417 g/mol. The van der Waals surface area contributed by atoms with Crippen LogP contribution in [0, 0.1) is 5.92 Å². The summed E-state index contributed by atoms with van der Waals surface area (Å²) in [6.07, 6.45) is 2.87. The van der Waals surface area contributed by atoms with Gasteiger partial charge < -0.3 is 15.7 Å². The van der Waals surface area contributed by atoms with Crippen LogP contribution >= 0.6 is 11.6 Å². The molecule has 2 aromatic rings. The Bertz CT molecular complexity index is 882. The largest absolute Gasteiger partial charge is 0.481 e. The molecular weight excluding hydrogens is 392 g/mol. The topological polar surface area (TPSA) is 85.0 Å². The number of piperidine rings is 1. The number of rotatable bonds is 5. The number of halogens is 1. The van der Waals surface area contributed by atoms with Gasteiger partial charge in [-0.3, -0.25) is 9.69 Å². The summed E-state index contributed by atoms with van der Waals surface area (Å²) in [6.45, 7) is 2.97. The Kier molecular flexibility index (Phi) is 5.94. The van der Waals surface area contributed by atoms with Crippen molar-refractivity contribution in [3.8, 4) is 5.75 Å². The maximum atomic E-state index is 11.8. The molecule has 0 saturated carbocycles. The molecule has 0 bridgehead atoms. The van der Waals surface area contributed by atoms with Gasteiger partial charge in [-0.1, -0.05) is 41.9 Å². The van der Waals surface area contributed by atoms with Gasteiger partial charge in [-0.15, -0.1) is 0 Å². The van der Waals surface area contributed by atoms with Crippen LogP contribution in [-0.4, -0.2) is 35.7 Å². The van der Waals surface area contributed by atoms with Gasteiger partial charge >= 0.3 is 5.97 Å². The van der Waals surface area contributed by atoms with Crippen molar-refractivity contribution >= 4 is 23.3 Å². The number of fused-ring (bicyclic) bond motifs is 1. The molecule has 2 heterocycles. The number of nitrogens with zero attached hydrogens (tertiary/aromatic N) is 1. The first kappa shape index (κ1) is 20.0. The fourth-order valence-corrected chi connectivity index (χ4v) is 4.51. The van der Waals surface area contributed by atoms with Crippen molar-refractivity contribution in [2.75, 3.05) is 25.4 Å². The predicted octanol–water partition coefficient (Wildman–Crippen LogP) is 3.87. The molecule has 4 rings (SSSR count). The first-order chi connectivity index (χ1) is 14.0. The van der Waals surface area contributed by atoms with Crippen LogP contribution in [0.25, 0.3) is 0 Å². The van der Waals surface area contributed by atoms with E-state index in [2.05, 4.69) is 29.2 Å². The lowest BCUT2D eigenvalue weighted by Gasteiger charge is -2.33. The minimum absolute atomic E-state index is 0.0358. The predicted molar refractivity (Wildman–Crippen MR) is 111 cm³/mol. The van der Waals surface area contributed by atoms with Crippen molar-refractivity contribution in [3.63, 3.8) is 0 Å². The molecule has 0 radical (unpaired) electrons. The Morgan fingerprint density at radius 3 is 2.66 bits per heavy atom. The van der Waals surface area contributed by atoms with Gasteiger partial charge in [0.1, 0.15) is 12.5 Å². The maximum absolute atomic E-state index is 11.8. The molecule has 7 heteroatoms. The van der Waals surface area contributed by atoms with Crippen LogP contribution in [0.5, 0.6) is 5.75 Å². The average Bonchev–Trinajstić information content (AvgIpc) is 2.73. The summed E-state index contributed by atoms with van der Waals surface area (Å²) in [6, 6.07) is 12.3. The normalized spacial score (nSPS) is 20.1. The Hall–Kier alpha value is -2.28. The molecule has 1 fully saturated rings. The van der Waals surface area contributed by atoms with E-state index in [0.29, 0.717) is 16.5 Å². The summed E-state index contributed by atoms with van der Waals surface area (Å²) in [5, 5.41) is 10.0. The van der Waals surface area contributed by atoms with E-state index in [4.69, 9.17) is 27.1 Å². The van der Waals surface area contributed by atoms with E-state index in [9.17, 15) is 9.90 Å². The quantitative estimate of drug-likeness (QED) is 0.568. The highest BCUT2D eigenvalue weighted by molar-refractivity contribution is 6.33. The number of hydrogen-bond acceptors (Lipinski definition) is 5. The molecule has 1 atom stereocenters. The number of nitrogen functional groups attached to an aromatic ring is 1. The SMILES string of the molecule is Nc1c(Cl)cc(CC2CCN(Cc3ccccc3)CC2)c2c1OOCC2C(=O)O. The Labute approximate surface area is 175 Å². The number of nitrogens with two attached hydrogens (primary N) is 1. The van der Waals surface area contributed by atoms with Gasteiger partial charge in [0.2, 0.25) is 0 Å². The monoisotopic (exact) mass is 416 g/mol. The third-order valence-electron chi connectivity index (χ3n) is 5.88. The van der Waals surface area contributed by atoms with Gasteiger partial charge in [0.25, 0.3) is 0 Å². The second-order valence-corrected chi connectivity index (χ2v) is 8.25. The summed E-state index contributed by atoms with van der Waals surface area (Å²) in [5.74, 6) is -1.03. The molecular formula is C22H25ClN2O4. The molecule has 2 aliphatic heterocycles. The number of carboxylic acid groups (broad SMARTS) is 1. The molecule has 1 unspecified atom stereocenters. The molecule has 2 aliphatic rings. The van der Waals surface area contributed by atoms with Gasteiger partial charge in [-0.05, 0) is 55.5 Å². The lowest BCUT2D eigenvalue weighted by atomic mass is 9.84. The molecule has 154 valence electrons. The third kappa shape index (κ3) is 4.34. The van der Waals surface area contributed by atoms with E-state index in [-0.39, 0.29) is 18.0 Å². The number of aliphatic carboxylic acids is 1.